The lowest BCUT2D eigenvalue weighted by Gasteiger charge is -2.34. The van der Waals surface area contributed by atoms with Gasteiger partial charge in [0.15, 0.2) is 0 Å². The summed E-state index contributed by atoms with van der Waals surface area (Å²) in [6.45, 7) is 7.61. The summed E-state index contributed by atoms with van der Waals surface area (Å²) in [5.74, 6) is 0.733. The van der Waals surface area contributed by atoms with Gasteiger partial charge in [-0.25, -0.2) is 0 Å². The van der Waals surface area contributed by atoms with Gasteiger partial charge in [0.1, 0.15) is 0 Å². The summed E-state index contributed by atoms with van der Waals surface area (Å²) in [6, 6.07) is 11.7. The van der Waals surface area contributed by atoms with Crippen molar-refractivity contribution in [3.8, 4) is 0 Å². The monoisotopic (exact) mass is 248 g/mol. The van der Waals surface area contributed by atoms with Crippen LogP contribution in [0.1, 0.15) is 45.2 Å². The van der Waals surface area contributed by atoms with Crippen LogP contribution in [0.2, 0.25) is 0 Å². The van der Waals surface area contributed by atoms with Gasteiger partial charge in [-0.15, -0.1) is 0 Å². The first-order valence-corrected chi connectivity index (χ1v) is 7.03. The average Bonchev–Trinajstić information content (AvgIpc) is 2.35. The third-order valence-corrected chi connectivity index (χ3v) is 3.62. The Bertz CT molecular complexity index is 321. The number of benzene rings is 1. The van der Waals surface area contributed by atoms with E-state index in [1.54, 1.807) is 0 Å². The highest BCUT2D eigenvalue weighted by Gasteiger charge is 2.21. The van der Waals surface area contributed by atoms with E-state index >= 15 is 0 Å². The van der Waals surface area contributed by atoms with E-state index in [0.717, 1.165) is 18.9 Å². The number of hydrogen-bond donors (Lipinski definition) is 1. The normalized spacial score (nSPS) is 15.1. The van der Waals surface area contributed by atoms with Crippen molar-refractivity contribution in [3.05, 3.63) is 35.9 Å². The fourth-order valence-corrected chi connectivity index (χ4v) is 2.59. The molecule has 0 fully saturated rings. The van der Waals surface area contributed by atoms with E-state index in [2.05, 4.69) is 63.1 Å². The van der Waals surface area contributed by atoms with Crippen LogP contribution in [0.25, 0.3) is 0 Å². The Morgan fingerprint density at radius 1 is 1.11 bits per heavy atom. The molecular formula is C16H28N2. The Balaban J connectivity index is 2.78. The zero-order chi connectivity index (χ0) is 13.5. The lowest BCUT2D eigenvalue weighted by atomic mass is 9.98. The van der Waals surface area contributed by atoms with Gasteiger partial charge in [0.05, 0.1) is 0 Å². The van der Waals surface area contributed by atoms with Gasteiger partial charge >= 0.3 is 0 Å². The minimum Gasteiger partial charge on any atom is -0.330 e. The molecule has 0 amide bonds. The molecule has 2 N–H and O–H groups in total. The zero-order valence-corrected chi connectivity index (χ0v) is 12.3. The summed E-state index contributed by atoms with van der Waals surface area (Å²) in [5, 5.41) is 0. The average molecular weight is 248 g/mol. The highest BCUT2D eigenvalue weighted by atomic mass is 15.2. The van der Waals surface area contributed by atoms with Crippen LogP contribution in [-0.2, 0) is 0 Å². The summed E-state index contributed by atoms with van der Waals surface area (Å²) >= 11 is 0. The van der Waals surface area contributed by atoms with Crippen LogP contribution in [0.5, 0.6) is 0 Å². The topological polar surface area (TPSA) is 29.3 Å². The van der Waals surface area contributed by atoms with E-state index in [1.807, 2.05) is 0 Å². The van der Waals surface area contributed by atoms with Crippen LogP contribution in [0.4, 0.5) is 0 Å². The summed E-state index contributed by atoms with van der Waals surface area (Å²) < 4.78 is 0. The van der Waals surface area contributed by atoms with Crippen molar-refractivity contribution in [3.63, 3.8) is 0 Å². The molecule has 0 aliphatic heterocycles. The molecular weight excluding hydrogens is 220 g/mol. The molecule has 2 nitrogen and oxygen atoms in total. The van der Waals surface area contributed by atoms with Crippen LogP contribution in [-0.4, -0.2) is 24.5 Å². The van der Waals surface area contributed by atoms with Gasteiger partial charge in [-0.3, -0.25) is 4.90 Å². The quantitative estimate of drug-likeness (QED) is 0.801. The molecule has 1 aromatic carbocycles. The van der Waals surface area contributed by atoms with E-state index in [-0.39, 0.29) is 0 Å². The molecule has 0 aliphatic rings. The summed E-state index contributed by atoms with van der Waals surface area (Å²) in [6.07, 6.45) is 2.24. The fourth-order valence-electron chi connectivity index (χ4n) is 2.59. The Labute approximate surface area is 112 Å². The standard InChI is InChI=1S/C16H28N2/c1-13(2)12-14(3)18(4)16(10-11-17)15-8-6-5-7-9-15/h5-9,13-14,16H,10-12,17H2,1-4H3. The molecule has 0 saturated heterocycles. The van der Waals surface area contributed by atoms with Gasteiger partial charge in [0.25, 0.3) is 0 Å². The van der Waals surface area contributed by atoms with Crippen molar-refractivity contribution in [2.45, 2.75) is 45.7 Å². The van der Waals surface area contributed by atoms with Crippen LogP contribution in [0.15, 0.2) is 30.3 Å². The van der Waals surface area contributed by atoms with Gasteiger partial charge in [0, 0.05) is 12.1 Å². The molecule has 0 aliphatic carbocycles. The summed E-state index contributed by atoms with van der Waals surface area (Å²) in [4.78, 5) is 2.47. The van der Waals surface area contributed by atoms with E-state index in [9.17, 15) is 0 Å². The van der Waals surface area contributed by atoms with Gasteiger partial charge in [0.2, 0.25) is 0 Å². The third-order valence-electron chi connectivity index (χ3n) is 3.62. The van der Waals surface area contributed by atoms with E-state index in [4.69, 9.17) is 5.73 Å². The van der Waals surface area contributed by atoms with E-state index < -0.39 is 0 Å². The lowest BCUT2D eigenvalue weighted by Crippen LogP contribution is -2.35. The second-order valence-corrected chi connectivity index (χ2v) is 5.65. The third kappa shape index (κ3) is 4.43. The number of nitrogens with zero attached hydrogens (tertiary/aromatic N) is 1. The number of hydrogen-bond acceptors (Lipinski definition) is 2. The van der Waals surface area contributed by atoms with E-state index in [1.165, 1.54) is 12.0 Å². The molecule has 2 heteroatoms. The highest BCUT2D eigenvalue weighted by molar-refractivity contribution is 5.19. The molecule has 0 aromatic heterocycles. The van der Waals surface area contributed by atoms with Crippen LogP contribution in [0.3, 0.4) is 0 Å². The molecule has 2 atom stereocenters. The lowest BCUT2D eigenvalue weighted by molar-refractivity contribution is 0.158. The maximum atomic E-state index is 5.78. The minimum atomic E-state index is 0.435. The Kier molecular flexibility index (Phi) is 6.37. The Morgan fingerprint density at radius 2 is 1.72 bits per heavy atom. The van der Waals surface area contributed by atoms with Crippen molar-refractivity contribution < 1.29 is 0 Å². The predicted molar refractivity (Wildman–Crippen MR) is 79.5 cm³/mol. The molecule has 1 rings (SSSR count). The molecule has 2 unspecified atom stereocenters. The maximum Gasteiger partial charge on any atom is 0.0359 e. The molecule has 0 heterocycles. The zero-order valence-electron chi connectivity index (χ0n) is 12.3. The van der Waals surface area contributed by atoms with Gasteiger partial charge in [-0.05, 0) is 44.8 Å². The maximum absolute atomic E-state index is 5.78. The van der Waals surface area contributed by atoms with Crippen molar-refractivity contribution in [1.82, 2.24) is 4.90 Å². The molecule has 1 aromatic rings. The smallest absolute Gasteiger partial charge is 0.0359 e. The van der Waals surface area contributed by atoms with Crippen molar-refractivity contribution in [2.75, 3.05) is 13.6 Å². The number of nitrogens with two attached hydrogens (primary N) is 1. The van der Waals surface area contributed by atoms with Crippen LogP contribution < -0.4 is 5.73 Å². The first-order chi connectivity index (χ1) is 8.56. The highest BCUT2D eigenvalue weighted by Crippen LogP contribution is 2.26. The van der Waals surface area contributed by atoms with Crippen LogP contribution in [0, 0.1) is 5.92 Å². The van der Waals surface area contributed by atoms with Gasteiger partial charge in [-0.2, -0.15) is 0 Å². The van der Waals surface area contributed by atoms with Crippen molar-refractivity contribution in [2.24, 2.45) is 11.7 Å². The molecule has 102 valence electrons. The van der Waals surface area contributed by atoms with Crippen molar-refractivity contribution in [1.29, 1.82) is 0 Å². The predicted octanol–water partition coefficient (Wildman–Crippen LogP) is 3.44. The second kappa shape index (κ2) is 7.55. The molecule has 0 radical (unpaired) electrons. The summed E-state index contributed by atoms with van der Waals surface area (Å²) in [7, 11) is 2.22. The first kappa shape index (κ1) is 15.2. The summed E-state index contributed by atoms with van der Waals surface area (Å²) in [5.41, 5.74) is 7.16. The van der Waals surface area contributed by atoms with E-state index in [0.29, 0.717) is 12.1 Å². The molecule has 0 bridgehead atoms. The Morgan fingerprint density at radius 3 is 2.22 bits per heavy atom. The first-order valence-electron chi connectivity index (χ1n) is 7.03. The molecule has 18 heavy (non-hydrogen) atoms. The Hall–Kier alpha value is -0.860. The van der Waals surface area contributed by atoms with Crippen LogP contribution >= 0.6 is 0 Å². The number of rotatable bonds is 7. The SMILES string of the molecule is CC(C)CC(C)N(C)C(CCN)c1ccccc1. The largest absolute Gasteiger partial charge is 0.330 e. The minimum absolute atomic E-state index is 0.435. The fraction of sp³-hybridized carbons (Fsp3) is 0.625. The van der Waals surface area contributed by atoms with Gasteiger partial charge < -0.3 is 5.73 Å². The molecule has 0 spiro atoms. The van der Waals surface area contributed by atoms with Crippen molar-refractivity contribution >= 4 is 0 Å². The molecule has 0 saturated carbocycles. The second-order valence-electron chi connectivity index (χ2n) is 5.65. The van der Waals surface area contributed by atoms with Gasteiger partial charge in [-0.1, -0.05) is 44.2 Å².